The van der Waals surface area contributed by atoms with E-state index in [0.29, 0.717) is 6.07 Å². The standard InChI is InChI=1S/C12H16F3NO3S/c1-8(2)10(17)7-16-20(18,19)11-6-4-3-5-9(11)12(13,14)15/h3-6,8,10,16-17H,7H2,1-2H3. The molecule has 114 valence electrons. The summed E-state index contributed by atoms with van der Waals surface area (Å²) in [4.78, 5) is -0.844. The van der Waals surface area contributed by atoms with Crippen molar-refractivity contribution in [1.82, 2.24) is 4.72 Å². The van der Waals surface area contributed by atoms with Crippen molar-refractivity contribution in [3.05, 3.63) is 29.8 Å². The van der Waals surface area contributed by atoms with Gasteiger partial charge in [0.05, 0.1) is 16.6 Å². The number of alkyl halides is 3. The van der Waals surface area contributed by atoms with Gasteiger partial charge < -0.3 is 5.11 Å². The van der Waals surface area contributed by atoms with E-state index in [1.165, 1.54) is 6.07 Å². The first-order chi connectivity index (χ1) is 9.05. The van der Waals surface area contributed by atoms with Crippen molar-refractivity contribution in [1.29, 1.82) is 0 Å². The number of aliphatic hydroxyl groups is 1. The maximum absolute atomic E-state index is 12.8. The number of benzene rings is 1. The zero-order valence-corrected chi connectivity index (χ0v) is 11.8. The van der Waals surface area contributed by atoms with Gasteiger partial charge in [-0.25, -0.2) is 13.1 Å². The van der Waals surface area contributed by atoms with E-state index in [1.54, 1.807) is 13.8 Å². The van der Waals surface area contributed by atoms with Gasteiger partial charge in [0.25, 0.3) is 0 Å². The third-order valence-electron chi connectivity index (χ3n) is 2.73. The van der Waals surface area contributed by atoms with Gasteiger partial charge in [0, 0.05) is 6.54 Å². The van der Waals surface area contributed by atoms with Crippen LogP contribution < -0.4 is 4.72 Å². The Morgan fingerprint density at radius 2 is 1.80 bits per heavy atom. The number of nitrogens with one attached hydrogen (secondary N) is 1. The number of hydrogen-bond donors (Lipinski definition) is 2. The number of rotatable bonds is 5. The van der Waals surface area contributed by atoms with Crippen molar-refractivity contribution in [2.45, 2.75) is 31.0 Å². The molecule has 0 aliphatic heterocycles. The van der Waals surface area contributed by atoms with Crippen molar-refractivity contribution in [3.63, 3.8) is 0 Å². The average Bonchev–Trinajstić information content (AvgIpc) is 2.35. The van der Waals surface area contributed by atoms with Crippen molar-refractivity contribution in [3.8, 4) is 0 Å². The van der Waals surface area contributed by atoms with Crippen LogP contribution in [-0.2, 0) is 16.2 Å². The summed E-state index contributed by atoms with van der Waals surface area (Å²) in [6.45, 7) is 3.00. The van der Waals surface area contributed by atoms with Crippen LogP contribution in [0.2, 0.25) is 0 Å². The van der Waals surface area contributed by atoms with Crippen LogP contribution in [-0.4, -0.2) is 26.2 Å². The van der Waals surface area contributed by atoms with E-state index >= 15 is 0 Å². The van der Waals surface area contributed by atoms with Gasteiger partial charge >= 0.3 is 6.18 Å². The van der Waals surface area contributed by atoms with Crippen LogP contribution in [0.25, 0.3) is 0 Å². The Labute approximate surface area is 115 Å². The molecule has 1 rings (SSSR count). The van der Waals surface area contributed by atoms with Gasteiger partial charge in [-0.3, -0.25) is 0 Å². The number of hydrogen-bond acceptors (Lipinski definition) is 3. The lowest BCUT2D eigenvalue weighted by Gasteiger charge is -2.17. The molecule has 0 radical (unpaired) electrons. The molecule has 1 aromatic rings. The normalized spacial score (nSPS) is 14.6. The molecule has 20 heavy (non-hydrogen) atoms. The maximum Gasteiger partial charge on any atom is 0.417 e. The smallest absolute Gasteiger partial charge is 0.391 e. The van der Waals surface area contributed by atoms with Gasteiger partial charge in [-0.15, -0.1) is 0 Å². The van der Waals surface area contributed by atoms with Crippen molar-refractivity contribution in [2.75, 3.05) is 6.54 Å². The molecule has 0 aliphatic rings. The lowest BCUT2D eigenvalue weighted by Crippen LogP contribution is -2.35. The second-order valence-corrected chi connectivity index (χ2v) is 6.39. The van der Waals surface area contributed by atoms with E-state index in [1.807, 2.05) is 4.72 Å². The highest BCUT2D eigenvalue weighted by Crippen LogP contribution is 2.33. The highest BCUT2D eigenvalue weighted by atomic mass is 32.2. The predicted molar refractivity (Wildman–Crippen MR) is 67.5 cm³/mol. The van der Waals surface area contributed by atoms with Crippen molar-refractivity contribution < 1.29 is 26.7 Å². The number of aliphatic hydroxyl groups excluding tert-OH is 1. The highest BCUT2D eigenvalue weighted by molar-refractivity contribution is 7.89. The maximum atomic E-state index is 12.8. The molecule has 0 aliphatic carbocycles. The summed E-state index contributed by atoms with van der Waals surface area (Å²) in [5.41, 5.74) is -1.23. The topological polar surface area (TPSA) is 66.4 Å². The first-order valence-corrected chi connectivity index (χ1v) is 7.38. The van der Waals surface area contributed by atoms with E-state index in [9.17, 15) is 26.7 Å². The Morgan fingerprint density at radius 1 is 1.25 bits per heavy atom. The lowest BCUT2D eigenvalue weighted by molar-refractivity contribution is -0.139. The fourth-order valence-corrected chi connectivity index (χ4v) is 2.72. The van der Waals surface area contributed by atoms with Gasteiger partial charge in [0.2, 0.25) is 10.0 Å². The molecule has 8 heteroatoms. The quantitative estimate of drug-likeness (QED) is 0.874. The third kappa shape index (κ3) is 4.19. The third-order valence-corrected chi connectivity index (χ3v) is 4.22. The molecule has 0 heterocycles. The van der Waals surface area contributed by atoms with Gasteiger partial charge in [-0.2, -0.15) is 13.2 Å². The second-order valence-electron chi connectivity index (χ2n) is 4.66. The zero-order valence-electron chi connectivity index (χ0n) is 11.0. The van der Waals surface area contributed by atoms with Gasteiger partial charge in [-0.05, 0) is 18.1 Å². The van der Waals surface area contributed by atoms with Crippen LogP contribution in [0.3, 0.4) is 0 Å². The van der Waals surface area contributed by atoms with Gasteiger partial charge in [0.1, 0.15) is 0 Å². The Kier molecular flexibility index (Phi) is 5.17. The molecule has 0 amide bonds. The van der Waals surface area contributed by atoms with E-state index in [2.05, 4.69) is 0 Å². The van der Waals surface area contributed by atoms with Crippen LogP contribution in [0.1, 0.15) is 19.4 Å². The molecule has 0 spiro atoms. The van der Waals surface area contributed by atoms with Crippen LogP contribution in [0, 0.1) is 5.92 Å². The SMILES string of the molecule is CC(C)C(O)CNS(=O)(=O)c1ccccc1C(F)(F)F. The molecule has 0 fully saturated rings. The molecule has 0 saturated heterocycles. The summed E-state index contributed by atoms with van der Waals surface area (Å²) in [7, 11) is -4.33. The minimum atomic E-state index is -4.76. The summed E-state index contributed by atoms with van der Waals surface area (Å²) < 4.78 is 64.1. The van der Waals surface area contributed by atoms with Crippen LogP contribution in [0.4, 0.5) is 13.2 Å². The lowest BCUT2D eigenvalue weighted by atomic mass is 10.1. The van der Waals surface area contributed by atoms with E-state index in [4.69, 9.17) is 0 Å². The number of sulfonamides is 1. The minimum Gasteiger partial charge on any atom is -0.391 e. The van der Waals surface area contributed by atoms with Gasteiger partial charge in [-0.1, -0.05) is 26.0 Å². The molecular weight excluding hydrogens is 295 g/mol. The number of halogens is 3. The zero-order chi connectivity index (χ0) is 15.6. The highest BCUT2D eigenvalue weighted by Gasteiger charge is 2.36. The van der Waals surface area contributed by atoms with E-state index in [-0.39, 0.29) is 12.5 Å². The first-order valence-electron chi connectivity index (χ1n) is 5.89. The largest absolute Gasteiger partial charge is 0.417 e. The molecule has 1 atom stereocenters. The summed E-state index contributed by atoms with van der Waals surface area (Å²) >= 11 is 0. The molecule has 1 unspecified atom stereocenters. The fraction of sp³-hybridized carbons (Fsp3) is 0.500. The molecule has 1 aromatic carbocycles. The molecule has 0 aromatic heterocycles. The molecule has 2 N–H and O–H groups in total. The van der Waals surface area contributed by atoms with Crippen LogP contribution in [0.15, 0.2) is 29.2 Å². The van der Waals surface area contributed by atoms with Crippen molar-refractivity contribution in [2.24, 2.45) is 5.92 Å². The fourth-order valence-electron chi connectivity index (χ4n) is 1.44. The molecular formula is C12H16F3NO3S. The predicted octanol–water partition coefficient (Wildman–Crippen LogP) is 2.00. The Morgan fingerprint density at radius 3 is 2.30 bits per heavy atom. The van der Waals surface area contributed by atoms with E-state index < -0.39 is 32.8 Å². The summed E-state index contributed by atoms with van der Waals surface area (Å²) in [5.74, 6) is -0.212. The van der Waals surface area contributed by atoms with E-state index in [0.717, 1.165) is 12.1 Å². The average molecular weight is 311 g/mol. The minimum absolute atomic E-state index is 0.212. The first kappa shape index (κ1) is 16.9. The Balaban J connectivity index is 3.05. The van der Waals surface area contributed by atoms with Crippen LogP contribution in [0.5, 0.6) is 0 Å². The molecule has 0 bridgehead atoms. The second kappa shape index (κ2) is 6.11. The molecule has 4 nitrogen and oxygen atoms in total. The monoisotopic (exact) mass is 311 g/mol. The Hall–Kier alpha value is -1.12. The van der Waals surface area contributed by atoms with Crippen LogP contribution >= 0.6 is 0 Å². The summed E-state index contributed by atoms with van der Waals surface area (Å²) in [5, 5.41) is 9.52. The van der Waals surface area contributed by atoms with Crippen molar-refractivity contribution >= 4 is 10.0 Å². The molecule has 0 saturated carbocycles. The summed E-state index contributed by atoms with van der Waals surface area (Å²) in [6.07, 6.45) is -5.73. The van der Waals surface area contributed by atoms with Gasteiger partial charge in [0.15, 0.2) is 0 Å². The summed E-state index contributed by atoms with van der Waals surface area (Å²) in [6, 6.07) is 3.91. The Bertz CT molecular complexity index is 555.